The van der Waals surface area contributed by atoms with Gasteiger partial charge < -0.3 is 14.2 Å². The van der Waals surface area contributed by atoms with E-state index in [9.17, 15) is 14.4 Å². The van der Waals surface area contributed by atoms with Crippen molar-refractivity contribution in [2.45, 2.75) is 329 Å². The Balaban J connectivity index is 4.28. The van der Waals surface area contributed by atoms with E-state index in [4.69, 9.17) is 14.2 Å². The van der Waals surface area contributed by atoms with E-state index in [1.807, 2.05) is 0 Å². The van der Waals surface area contributed by atoms with Gasteiger partial charge >= 0.3 is 17.9 Å². The van der Waals surface area contributed by atoms with Crippen LogP contribution in [-0.2, 0) is 28.6 Å². The highest BCUT2D eigenvalue weighted by molar-refractivity contribution is 5.71. The second kappa shape index (κ2) is 62.4. The first-order chi connectivity index (χ1) is 36.5. The summed E-state index contributed by atoms with van der Waals surface area (Å²) in [6.45, 7) is 6.50. The third kappa shape index (κ3) is 59.7. The van der Waals surface area contributed by atoms with Gasteiger partial charge in [0, 0.05) is 19.3 Å². The predicted molar refractivity (Wildman–Crippen MR) is 321 cm³/mol. The maximum absolute atomic E-state index is 12.9. The van der Waals surface area contributed by atoms with E-state index < -0.39 is 6.10 Å². The highest BCUT2D eigenvalue weighted by atomic mass is 16.6. The summed E-state index contributed by atoms with van der Waals surface area (Å²) >= 11 is 0. The molecule has 1 unspecified atom stereocenters. The summed E-state index contributed by atoms with van der Waals surface area (Å²) in [5.74, 6) is -0.899. The first-order valence-electron chi connectivity index (χ1n) is 31.9. The van der Waals surface area contributed by atoms with Gasteiger partial charge in [-0.1, -0.05) is 293 Å². The molecule has 0 saturated carbocycles. The van der Waals surface area contributed by atoms with Crippen molar-refractivity contribution >= 4 is 17.9 Å². The maximum atomic E-state index is 12.9. The summed E-state index contributed by atoms with van der Waals surface area (Å²) in [5, 5.41) is 0. The number of hydrogen-bond acceptors (Lipinski definition) is 6. The molecule has 6 heteroatoms. The van der Waals surface area contributed by atoms with Crippen LogP contribution in [-0.4, -0.2) is 37.2 Å². The Morgan fingerprint density at radius 3 is 0.878 bits per heavy atom. The zero-order valence-electron chi connectivity index (χ0n) is 49.1. The van der Waals surface area contributed by atoms with Crippen LogP contribution in [0.2, 0.25) is 0 Å². The minimum Gasteiger partial charge on any atom is -0.462 e. The van der Waals surface area contributed by atoms with Crippen molar-refractivity contribution in [3.8, 4) is 0 Å². The van der Waals surface area contributed by atoms with Gasteiger partial charge in [-0.15, -0.1) is 0 Å². The predicted octanol–water partition coefficient (Wildman–Crippen LogP) is 21.7. The molecule has 0 aliphatic heterocycles. The van der Waals surface area contributed by atoms with Crippen LogP contribution in [0.4, 0.5) is 0 Å². The highest BCUT2D eigenvalue weighted by Gasteiger charge is 2.19. The molecule has 1 atom stereocenters. The molecular formula is C68H120O6. The van der Waals surface area contributed by atoms with Crippen LogP contribution in [0.1, 0.15) is 323 Å². The molecule has 428 valence electrons. The number of unbranched alkanes of at least 4 members (excludes halogenated alkanes) is 35. The molecule has 0 fully saturated rings. The number of hydrogen-bond donors (Lipinski definition) is 0. The molecule has 6 nitrogen and oxygen atoms in total. The summed E-state index contributed by atoms with van der Waals surface area (Å²) in [6, 6.07) is 0. The van der Waals surface area contributed by atoms with Crippen LogP contribution in [0.5, 0.6) is 0 Å². The second-order valence-corrected chi connectivity index (χ2v) is 21.3. The molecule has 0 radical (unpaired) electrons. The molecule has 0 aromatic rings. The van der Waals surface area contributed by atoms with Gasteiger partial charge in [0.2, 0.25) is 0 Å². The van der Waals surface area contributed by atoms with Gasteiger partial charge in [0.25, 0.3) is 0 Å². The number of esters is 3. The monoisotopic (exact) mass is 1030 g/mol. The van der Waals surface area contributed by atoms with Gasteiger partial charge in [-0.2, -0.15) is 0 Å². The molecule has 0 rings (SSSR count). The van der Waals surface area contributed by atoms with Crippen molar-refractivity contribution in [1.29, 1.82) is 0 Å². The van der Waals surface area contributed by atoms with Gasteiger partial charge in [0.05, 0.1) is 0 Å². The van der Waals surface area contributed by atoms with Crippen LogP contribution >= 0.6 is 0 Å². The average molecular weight is 1030 g/mol. The summed E-state index contributed by atoms with van der Waals surface area (Å²) in [4.78, 5) is 38.2. The zero-order valence-corrected chi connectivity index (χ0v) is 49.1. The molecule has 0 saturated heterocycles. The zero-order chi connectivity index (χ0) is 53.6. The Labute approximate surface area is 459 Å². The van der Waals surface area contributed by atoms with E-state index in [1.54, 1.807) is 0 Å². The van der Waals surface area contributed by atoms with Gasteiger partial charge in [-0.05, 0) is 83.5 Å². The molecule has 0 amide bonds. The topological polar surface area (TPSA) is 78.9 Å². The van der Waals surface area contributed by atoms with Gasteiger partial charge in [0.1, 0.15) is 13.2 Å². The van der Waals surface area contributed by atoms with Crippen LogP contribution in [0.3, 0.4) is 0 Å². The van der Waals surface area contributed by atoms with Crippen molar-refractivity contribution in [1.82, 2.24) is 0 Å². The number of carbonyl (C=O) groups excluding carboxylic acids is 3. The van der Waals surface area contributed by atoms with Gasteiger partial charge in [0.15, 0.2) is 6.10 Å². The highest BCUT2D eigenvalue weighted by Crippen LogP contribution is 2.17. The Bertz CT molecular complexity index is 1370. The summed E-state index contributed by atoms with van der Waals surface area (Å²) in [5.41, 5.74) is 0. The maximum Gasteiger partial charge on any atom is 0.306 e. The van der Waals surface area contributed by atoms with Gasteiger partial charge in [-0.25, -0.2) is 0 Å². The number of ether oxygens (including phenoxy) is 3. The van der Waals surface area contributed by atoms with E-state index in [-0.39, 0.29) is 31.1 Å². The molecule has 0 bridgehead atoms. The fourth-order valence-electron chi connectivity index (χ4n) is 9.16. The lowest BCUT2D eigenvalue weighted by Gasteiger charge is -2.18. The van der Waals surface area contributed by atoms with Crippen molar-refractivity contribution in [2.75, 3.05) is 13.2 Å². The smallest absolute Gasteiger partial charge is 0.306 e. The number of carbonyl (C=O) groups is 3. The third-order valence-corrected chi connectivity index (χ3v) is 13.9. The quantitative estimate of drug-likeness (QED) is 0.0261. The van der Waals surface area contributed by atoms with Crippen molar-refractivity contribution in [2.24, 2.45) is 0 Å². The lowest BCUT2D eigenvalue weighted by molar-refractivity contribution is -0.167. The molecule has 0 heterocycles. The van der Waals surface area contributed by atoms with Crippen molar-refractivity contribution in [3.05, 3.63) is 72.9 Å². The van der Waals surface area contributed by atoms with Crippen molar-refractivity contribution in [3.63, 3.8) is 0 Å². The second-order valence-electron chi connectivity index (χ2n) is 21.3. The first-order valence-corrected chi connectivity index (χ1v) is 31.9. The Kier molecular flexibility index (Phi) is 59.7. The molecule has 0 spiro atoms. The Morgan fingerprint density at radius 1 is 0.284 bits per heavy atom. The van der Waals surface area contributed by atoms with Crippen LogP contribution in [0, 0.1) is 0 Å². The third-order valence-electron chi connectivity index (χ3n) is 13.9. The van der Waals surface area contributed by atoms with E-state index in [1.165, 1.54) is 167 Å². The molecule has 0 aliphatic rings. The van der Waals surface area contributed by atoms with Gasteiger partial charge in [-0.3, -0.25) is 14.4 Å². The summed E-state index contributed by atoms with van der Waals surface area (Å²) in [7, 11) is 0. The minimum atomic E-state index is -0.788. The molecule has 0 N–H and O–H groups in total. The molecule has 0 aromatic carbocycles. The first kappa shape index (κ1) is 70.8. The standard InChI is InChI=1S/C68H120O6/c1-4-7-10-13-16-19-22-24-26-28-30-32-33-34-36-37-39-41-43-46-49-52-55-58-61-67(70)73-64-65(63-72-66(69)60-57-54-51-48-45-21-18-15-12-9-6-3)74-68(71)62-59-56-53-50-47-44-42-40-38-35-31-29-27-25-23-20-17-14-11-8-5-2/h8,11,15,17-18,20,25,27,31,35,40,42,65H,4-7,9-10,12-14,16,19,21-24,26,28-30,32-34,36-39,41,43-64H2,1-3H3/b11-8-,18-15-,20-17-,27-25-,35-31-,42-40-. The summed E-state index contributed by atoms with van der Waals surface area (Å²) in [6.07, 6.45) is 80.6. The van der Waals surface area contributed by atoms with Crippen LogP contribution < -0.4 is 0 Å². The fourth-order valence-corrected chi connectivity index (χ4v) is 9.16. The molecule has 74 heavy (non-hydrogen) atoms. The molecule has 0 aromatic heterocycles. The average Bonchev–Trinajstić information content (AvgIpc) is 3.40. The minimum absolute atomic E-state index is 0.0834. The molecular weight excluding hydrogens is 913 g/mol. The van der Waals surface area contributed by atoms with E-state index in [2.05, 4.69) is 93.7 Å². The van der Waals surface area contributed by atoms with Crippen LogP contribution in [0.25, 0.3) is 0 Å². The SMILES string of the molecule is CC/C=C\C/C=C\C/C=C\C/C=C\C/C=C\CCCCCCCC(=O)OC(COC(=O)CCCCCCC/C=C\CCCC)COC(=O)CCCCCCCCCCCCCCCCCCCCCCCCCC. The normalized spacial score (nSPS) is 12.5. The summed E-state index contributed by atoms with van der Waals surface area (Å²) < 4.78 is 16.9. The van der Waals surface area contributed by atoms with E-state index in [0.717, 1.165) is 116 Å². The van der Waals surface area contributed by atoms with E-state index >= 15 is 0 Å². The lowest BCUT2D eigenvalue weighted by Crippen LogP contribution is -2.30. The van der Waals surface area contributed by atoms with Crippen molar-refractivity contribution < 1.29 is 28.6 Å². The largest absolute Gasteiger partial charge is 0.462 e. The Morgan fingerprint density at radius 2 is 0.541 bits per heavy atom. The Hall–Kier alpha value is -3.15. The van der Waals surface area contributed by atoms with E-state index in [0.29, 0.717) is 19.3 Å². The molecule has 0 aliphatic carbocycles. The number of rotatable bonds is 58. The fraction of sp³-hybridized carbons (Fsp3) is 0.779. The lowest BCUT2D eigenvalue weighted by atomic mass is 10.0. The van der Waals surface area contributed by atoms with Crippen LogP contribution in [0.15, 0.2) is 72.9 Å². The number of allylic oxidation sites excluding steroid dienone is 12.